The summed E-state index contributed by atoms with van der Waals surface area (Å²) in [5.74, 6) is 0.755. The molecule has 2 aromatic carbocycles. The lowest BCUT2D eigenvalue weighted by Crippen LogP contribution is -2.40. The van der Waals surface area contributed by atoms with Crippen LogP contribution in [0.3, 0.4) is 0 Å². The maximum atomic E-state index is 12.6. The molecule has 1 N–H and O–H groups in total. The highest BCUT2D eigenvalue weighted by Crippen LogP contribution is 2.24. The van der Waals surface area contributed by atoms with Crippen LogP contribution in [0, 0.1) is 0 Å². The fraction of sp³-hybridized carbons (Fsp3) is 0.409. The molecule has 1 aliphatic heterocycles. The van der Waals surface area contributed by atoms with Crippen LogP contribution in [0.4, 0.5) is 0 Å². The number of rotatable bonds is 7. The maximum Gasteiger partial charge on any atom is 0.251 e. The van der Waals surface area contributed by atoms with Gasteiger partial charge < -0.3 is 10.1 Å². The molecule has 4 nitrogen and oxygen atoms in total. The predicted octanol–water partition coefficient (Wildman–Crippen LogP) is 4.04. The van der Waals surface area contributed by atoms with E-state index in [9.17, 15) is 4.79 Å². The van der Waals surface area contributed by atoms with E-state index in [1.807, 2.05) is 37.3 Å². The van der Waals surface area contributed by atoms with Crippen molar-refractivity contribution in [2.75, 3.05) is 26.2 Å². The normalized spacial score (nSPS) is 16.0. The maximum absolute atomic E-state index is 12.6. The highest BCUT2D eigenvalue weighted by atomic mass is 16.5. The molecule has 1 saturated heterocycles. The van der Waals surface area contributed by atoms with Gasteiger partial charge in [0.15, 0.2) is 0 Å². The first-order valence-corrected chi connectivity index (χ1v) is 9.58. The van der Waals surface area contributed by atoms with Gasteiger partial charge in [0.05, 0.1) is 12.6 Å². The summed E-state index contributed by atoms with van der Waals surface area (Å²) in [4.78, 5) is 15.1. The van der Waals surface area contributed by atoms with Crippen molar-refractivity contribution in [2.24, 2.45) is 0 Å². The van der Waals surface area contributed by atoms with Crippen LogP contribution in [0.2, 0.25) is 0 Å². The molecular formula is C22H28N2O2. The SMILES string of the molecule is CCOc1ccc(C(=O)NC[C@H](c2ccccc2)N2CCCCC2)cc1. The molecule has 138 valence electrons. The number of benzene rings is 2. The van der Waals surface area contributed by atoms with Crippen molar-refractivity contribution in [1.82, 2.24) is 10.2 Å². The lowest BCUT2D eigenvalue weighted by Gasteiger charge is -2.35. The number of likely N-dealkylation sites (tertiary alicyclic amines) is 1. The van der Waals surface area contributed by atoms with E-state index in [-0.39, 0.29) is 11.9 Å². The van der Waals surface area contributed by atoms with Crippen LogP contribution >= 0.6 is 0 Å². The first-order chi connectivity index (χ1) is 12.8. The van der Waals surface area contributed by atoms with Crippen LogP contribution in [0.5, 0.6) is 5.75 Å². The second kappa shape index (κ2) is 9.39. The molecule has 1 aliphatic rings. The van der Waals surface area contributed by atoms with Crippen LogP contribution in [0.1, 0.15) is 48.1 Å². The highest BCUT2D eigenvalue weighted by molar-refractivity contribution is 5.94. The van der Waals surface area contributed by atoms with Crippen molar-refractivity contribution in [3.63, 3.8) is 0 Å². The second-order valence-corrected chi connectivity index (χ2v) is 6.69. The molecule has 0 bridgehead atoms. The molecule has 2 aromatic rings. The van der Waals surface area contributed by atoms with Gasteiger partial charge in [-0.1, -0.05) is 36.8 Å². The molecule has 4 heteroatoms. The van der Waals surface area contributed by atoms with E-state index in [2.05, 4.69) is 34.5 Å². The van der Waals surface area contributed by atoms with Crippen molar-refractivity contribution in [1.29, 1.82) is 0 Å². The Bertz CT molecular complexity index is 679. The van der Waals surface area contributed by atoms with Crippen molar-refractivity contribution in [3.8, 4) is 5.75 Å². The van der Waals surface area contributed by atoms with E-state index in [4.69, 9.17) is 4.74 Å². The molecule has 0 aliphatic carbocycles. The van der Waals surface area contributed by atoms with Gasteiger partial charge in [-0.2, -0.15) is 0 Å². The van der Waals surface area contributed by atoms with Crippen LogP contribution in [-0.2, 0) is 0 Å². The molecule has 0 aromatic heterocycles. The van der Waals surface area contributed by atoms with Crippen molar-refractivity contribution >= 4 is 5.91 Å². The topological polar surface area (TPSA) is 41.6 Å². The molecule has 0 radical (unpaired) electrons. The van der Waals surface area contributed by atoms with E-state index < -0.39 is 0 Å². The number of hydrogen-bond acceptors (Lipinski definition) is 3. The first-order valence-electron chi connectivity index (χ1n) is 9.58. The number of piperidine rings is 1. The summed E-state index contributed by atoms with van der Waals surface area (Å²) < 4.78 is 5.44. The van der Waals surface area contributed by atoms with E-state index in [0.717, 1.165) is 18.8 Å². The third-order valence-electron chi connectivity index (χ3n) is 4.90. The van der Waals surface area contributed by atoms with Gasteiger partial charge >= 0.3 is 0 Å². The van der Waals surface area contributed by atoms with Crippen LogP contribution in [-0.4, -0.2) is 37.0 Å². The number of amides is 1. The van der Waals surface area contributed by atoms with Crippen molar-refractivity contribution < 1.29 is 9.53 Å². The molecule has 1 atom stereocenters. The lowest BCUT2D eigenvalue weighted by molar-refractivity contribution is 0.0924. The monoisotopic (exact) mass is 352 g/mol. The lowest BCUT2D eigenvalue weighted by atomic mass is 10.0. The molecule has 1 fully saturated rings. The summed E-state index contributed by atoms with van der Waals surface area (Å²) in [7, 11) is 0. The Balaban J connectivity index is 1.65. The van der Waals surface area contributed by atoms with Gasteiger partial charge in [0.1, 0.15) is 5.75 Å². The minimum Gasteiger partial charge on any atom is -0.494 e. The predicted molar refractivity (Wildman–Crippen MR) is 105 cm³/mol. The Hall–Kier alpha value is -2.33. The molecule has 1 amide bonds. The van der Waals surface area contributed by atoms with Crippen LogP contribution < -0.4 is 10.1 Å². The molecule has 26 heavy (non-hydrogen) atoms. The van der Waals surface area contributed by atoms with E-state index in [1.165, 1.54) is 24.8 Å². The fourth-order valence-electron chi connectivity index (χ4n) is 3.52. The Labute approximate surface area is 156 Å². The fourth-order valence-corrected chi connectivity index (χ4v) is 3.52. The van der Waals surface area contributed by atoms with Gasteiger partial charge in [-0.05, 0) is 62.7 Å². The third kappa shape index (κ3) is 4.85. The quantitative estimate of drug-likeness (QED) is 0.818. The Morgan fingerprint density at radius 1 is 1.04 bits per heavy atom. The van der Waals surface area contributed by atoms with E-state index in [0.29, 0.717) is 18.7 Å². The number of carbonyl (C=O) groups is 1. The number of nitrogens with one attached hydrogen (secondary N) is 1. The average Bonchev–Trinajstić information content (AvgIpc) is 2.70. The summed E-state index contributed by atoms with van der Waals surface area (Å²) in [5.41, 5.74) is 1.93. The van der Waals surface area contributed by atoms with Gasteiger partial charge in [-0.25, -0.2) is 0 Å². The van der Waals surface area contributed by atoms with Crippen LogP contribution in [0.15, 0.2) is 54.6 Å². The molecule has 1 heterocycles. The number of nitrogens with zero attached hydrogens (tertiary/aromatic N) is 1. The van der Waals surface area contributed by atoms with Gasteiger partial charge in [0, 0.05) is 12.1 Å². The number of hydrogen-bond donors (Lipinski definition) is 1. The average molecular weight is 352 g/mol. The molecule has 0 saturated carbocycles. The zero-order chi connectivity index (χ0) is 18.2. The van der Waals surface area contributed by atoms with Gasteiger partial charge in [0.2, 0.25) is 0 Å². The summed E-state index contributed by atoms with van der Waals surface area (Å²) in [6, 6.07) is 18.0. The minimum atomic E-state index is -0.0361. The zero-order valence-corrected chi connectivity index (χ0v) is 15.5. The highest BCUT2D eigenvalue weighted by Gasteiger charge is 2.22. The van der Waals surface area contributed by atoms with Crippen molar-refractivity contribution in [3.05, 3.63) is 65.7 Å². The molecule has 0 unspecified atom stereocenters. The summed E-state index contributed by atoms with van der Waals surface area (Å²) >= 11 is 0. The minimum absolute atomic E-state index is 0.0361. The van der Waals surface area contributed by atoms with Crippen LogP contribution in [0.25, 0.3) is 0 Å². The molecular weight excluding hydrogens is 324 g/mol. The summed E-state index contributed by atoms with van der Waals surface area (Å²) in [6.07, 6.45) is 3.77. The molecule has 0 spiro atoms. The standard InChI is InChI=1S/C22H28N2O2/c1-2-26-20-13-11-19(12-14-20)22(25)23-17-21(18-9-5-3-6-10-18)24-15-7-4-8-16-24/h3,5-6,9-14,21H,2,4,7-8,15-17H2,1H3,(H,23,25)/t21-/m1/s1. The first kappa shape index (κ1) is 18.5. The summed E-state index contributed by atoms with van der Waals surface area (Å²) in [6.45, 7) is 5.39. The Morgan fingerprint density at radius 2 is 1.73 bits per heavy atom. The zero-order valence-electron chi connectivity index (χ0n) is 15.5. The summed E-state index contributed by atoms with van der Waals surface area (Å²) in [5, 5.41) is 3.12. The van der Waals surface area contributed by atoms with E-state index in [1.54, 1.807) is 0 Å². The Kier molecular flexibility index (Phi) is 6.67. The largest absolute Gasteiger partial charge is 0.494 e. The number of carbonyl (C=O) groups excluding carboxylic acids is 1. The van der Waals surface area contributed by atoms with Gasteiger partial charge in [-0.3, -0.25) is 9.69 Å². The van der Waals surface area contributed by atoms with Gasteiger partial charge in [-0.15, -0.1) is 0 Å². The van der Waals surface area contributed by atoms with Gasteiger partial charge in [0.25, 0.3) is 5.91 Å². The molecule has 3 rings (SSSR count). The third-order valence-corrected chi connectivity index (χ3v) is 4.90. The number of ether oxygens (including phenoxy) is 1. The van der Waals surface area contributed by atoms with Crippen molar-refractivity contribution in [2.45, 2.75) is 32.2 Å². The second-order valence-electron chi connectivity index (χ2n) is 6.69. The Morgan fingerprint density at radius 3 is 2.38 bits per heavy atom. The van der Waals surface area contributed by atoms with E-state index >= 15 is 0 Å². The smallest absolute Gasteiger partial charge is 0.251 e.